The van der Waals surface area contributed by atoms with Crippen LogP contribution < -0.4 is 10.1 Å². The summed E-state index contributed by atoms with van der Waals surface area (Å²) in [6.45, 7) is 6.27. The highest BCUT2D eigenvalue weighted by molar-refractivity contribution is 6.17. The molecule has 0 bridgehead atoms. The van der Waals surface area contributed by atoms with Gasteiger partial charge in [-0.15, -0.1) is 11.6 Å². The molecule has 0 amide bonds. The van der Waals surface area contributed by atoms with Crippen LogP contribution in [0, 0.1) is 0 Å². The molecule has 3 nitrogen and oxygen atoms in total. The predicted octanol–water partition coefficient (Wildman–Crippen LogP) is 1.75. The minimum atomic E-state index is 0.532. The maximum Gasteiger partial charge on any atom is 0.119 e. The Bertz CT molecular complexity index is 336. The first-order valence-electron chi connectivity index (χ1n) is 6.59. The number of alkyl halides is 1. The Morgan fingerprint density at radius 3 is 2.56 bits per heavy atom. The van der Waals surface area contributed by atoms with E-state index in [2.05, 4.69) is 22.3 Å². The van der Waals surface area contributed by atoms with Crippen molar-refractivity contribution in [2.45, 2.75) is 6.42 Å². The standard InChI is InChI=1S/C14H21ClN2O/c15-6-12-18-14-3-1-13(2-4-14)5-9-17-10-7-16-8-11-17/h1-4,16H,5-12H2. The summed E-state index contributed by atoms with van der Waals surface area (Å²) in [6.07, 6.45) is 1.11. The van der Waals surface area contributed by atoms with Crippen molar-refractivity contribution in [3.05, 3.63) is 29.8 Å². The second-order valence-corrected chi connectivity index (χ2v) is 4.90. The topological polar surface area (TPSA) is 24.5 Å². The number of hydrogen-bond acceptors (Lipinski definition) is 3. The second kappa shape index (κ2) is 7.62. The molecule has 18 heavy (non-hydrogen) atoms. The third-order valence-electron chi connectivity index (χ3n) is 3.20. The van der Waals surface area contributed by atoms with E-state index in [4.69, 9.17) is 16.3 Å². The Morgan fingerprint density at radius 1 is 1.17 bits per heavy atom. The monoisotopic (exact) mass is 268 g/mol. The fourth-order valence-electron chi connectivity index (χ4n) is 2.13. The summed E-state index contributed by atoms with van der Waals surface area (Å²) in [6, 6.07) is 8.34. The van der Waals surface area contributed by atoms with E-state index < -0.39 is 0 Å². The fraction of sp³-hybridized carbons (Fsp3) is 0.571. The molecular formula is C14H21ClN2O. The van der Waals surface area contributed by atoms with Crippen LogP contribution in [0.3, 0.4) is 0 Å². The van der Waals surface area contributed by atoms with Gasteiger partial charge in [-0.2, -0.15) is 0 Å². The third kappa shape index (κ3) is 4.48. The largest absolute Gasteiger partial charge is 0.492 e. The van der Waals surface area contributed by atoms with Crippen LogP contribution >= 0.6 is 11.6 Å². The Hall–Kier alpha value is -0.770. The van der Waals surface area contributed by atoms with Gasteiger partial charge in [-0.3, -0.25) is 0 Å². The Labute approximate surface area is 114 Å². The molecule has 1 aromatic carbocycles. The summed E-state index contributed by atoms with van der Waals surface area (Å²) < 4.78 is 5.45. The Balaban J connectivity index is 1.75. The Kier molecular flexibility index (Phi) is 5.78. The molecule has 1 N–H and O–H groups in total. The zero-order chi connectivity index (χ0) is 12.6. The highest BCUT2D eigenvalue weighted by Gasteiger charge is 2.08. The van der Waals surface area contributed by atoms with E-state index in [1.54, 1.807) is 0 Å². The lowest BCUT2D eigenvalue weighted by Gasteiger charge is -2.27. The van der Waals surface area contributed by atoms with Gasteiger partial charge in [-0.05, 0) is 24.1 Å². The van der Waals surface area contributed by atoms with Gasteiger partial charge < -0.3 is 15.0 Å². The van der Waals surface area contributed by atoms with Crippen molar-refractivity contribution < 1.29 is 4.74 Å². The van der Waals surface area contributed by atoms with Crippen LogP contribution in [0.5, 0.6) is 5.75 Å². The fourth-order valence-corrected chi connectivity index (χ4v) is 2.21. The van der Waals surface area contributed by atoms with Crippen LogP contribution in [0.2, 0.25) is 0 Å². The molecule has 0 saturated carbocycles. The van der Waals surface area contributed by atoms with Crippen LogP contribution in [-0.2, 0) is 6.42 Å². The van der Waals surface area contributed by atoms with Gasteiger partial charge in [0.1, 0.15) is 12.4 Å². The molecule has 1 fully saturated rings. The second-order valence-electron chi connectivity index (χ2n) is 4.52. The lowest BCUT2D eigenvalue weighted by Crippen LogP contribution is -2.44. The lowest BCUT2D eigenvalue weighted by molar-refractivity contribution is 0.244. The van der Waals surface area contributed by atoms with Crippen molar-refractivity contribution in [2.75, 3.05) is 45.2 Å². The molecule has 0 spiro atoms. The number of halogens is 1. The first-order chi connectivity index (χ1) is 8.88. The molecule has 1 saturated heterocycles. The molecule has 100 valence electrons. The number of benzene rings is 1. The minimum absolute atomic E-state index is 0.532. The summed E-state index contributed by atoms with van der Waals surface area (Å²) >= 11 is 5.58. The highest BCUT2D eigenvalue weighted by atomic mass is 35.5. The maximum atomic E-state index is 5.58. The molecule has 1 aromatic rings. The summed E-state index contributed by atoms with van der Waals surface area (Å²) in [5, 5.41) is 3.37. The summed E-state index contributed by atoms with van der Waals surface area (Å²) in [7, 11) is 0. The van der Waals surface area contributed by atoms with Crippen LogP contribution in [0.4, 0.5) is 0 Å². The van der Waals surface area contributed by atoms with Crippen LogP contribution in [0.25, 0.3) is 0 Å². The summed E-state index contributed by atoms with van der Waals surface area (Å²) in [5.74, 6) is 1.44. The van der Waals surface area contributed by atoms with E-state index in [0.29, 0.717) is 12.5 Å². The summed E-state index contributed by atoms with van der Waals surface area (Å²) in [4.78, 5) is 2.51. The molecule has 0 aromatic heterocycles. The van der Waals surface area contributed by atoms with Gasteiger partial charge in [0, 0.05) is 32.7 Å². The molecule has 0 radical (unpaired) electrons. The maximum absolute atomic E-state index is 5.58. The number of hydrogen-bond donors (Lipinski definition) is 1. The zero-order valence-corrected chi connectivity index (χ0v) is 11.5. The molecule has 0 unspecified atom stereocenters. The van der Waals surface area contributed by atoms with Gasteiger partial charge >= 0.3 is 0 Å². The van der Waals surface area contributed by atoms with E-state index in [-0.39, 0.29) is 0 Å². The van der Waals surface area contributed by atoms with E-state index >= 15 is 0 Å². The van der Waals surface area contributed by atoms with Crippen molar-refractivity contribution in [3.63, 3.8) is 0 Å². The molecule has 0 aliphatic carbocycles. The van der Waals surface area contributed by atoms with Crippen molar-refractivity contribution in [2.24, 2.45) is 0 Å². The Morgan fingerprint density at radius 2 is 1.89 bits per heavy atom. The van der Waals surface area contributed by atoms with Gasteiger partial charge in [0.05, 0.1) is 5.88 Å². The van der Waals surface area contributed by atoms with E-state index in [9.17, 15) is 0 Å². The average molecular weight is 269 g/mol. The van der Waals surface area contributed by atoms with Gasteiger partial charge in [0.2, 0.25) is 0 Å². The number of piperazine rings is 1. The molecular weight excluding hydrogens is 248 g/mol. The van der Waals surface area contributed by atoms with Crippen LogP contribution in [0.15, 0.2) is 24.3 Å². The molecule has 2 rings (SSSR count). The van der Waals surface area contributed by atoms with Crippen molar-refractivity contribution in [1.82, 2.24) is 10.2 Å². The lowest BCUT2D eigenvalue weighted by atomic mass is 10.1. The van der Waals surface area contributed by atoms with E-state index in [1.807, 2.05) is 12.1 Å². The molecule has 1 aliphatic heterocycles. The van der Waals surface area contributed by atoms with Gasteiger partial charge in [0.15, 0.2) is 0 Å². The first-order valence-corrected chi connectivity index (χ1v) is 7.13. The normalized spacial score (nSPS) is 16.7. The number of nitrogens with one attached hydrogen (secondary N) is 1. The number of rotatable bonds is 6. The SMILES string of the molecule is ClCCOc1ccc(CCN2CCNCC2)cc1. The van der Waals surface area contributed by atoms with Gasteiger partial charge in [-0.25, -0.2) is 0 Å². The van der Waals surface area contributed by atoms with Crippen molar-refractivity contribution in [1.29, 1.82) is 0 Å². The minimum Gasteiger partial charge on any atom is -0.492 e. The molecule has 1 aliphatic rings. The summed E-state index contributed by atoms with van der Waals surface area (Å²) in [5.41, 5.74) is 1.37. The number of ether oxygens (including phenoxy) is 1. The average Bonchev–Trinajstić information content (AvgIpc) is 2.45. The number of nitrogens with zero attached hydrogens (tertiary/aromatic N) is 1. The zero-order valence-electron chi connectivity index (χ0n) is 10.7. The van der Waals surface area contributed by atoms with Crippen molar-refractivity contribution in [3.8, 4) is 5.75 Å². The first kappa shape index (κ1) is 13.7. The van der Waals surface area contributed by atoms with Crippen LogP contribution in [-0.4, -0.2) is 50.1 Å². The van der Waals surface area contributed by atoms with Crippen LogP contribution in [0.1, 0.15) is 5.56 Å². The highest BCUT2D eigenvalue weighted by Crippen LogP contribution is 2.13. The molecule has 0 atom stereocenters. The molecule has 1 heterocycles. The smallest absolute Gasteiger partial charge is 0.119 e. The van der Waals surface area contributed by atoms with E-state index in [1.165, 1.54) is 5.56 Å². The quantitative estimate of drug-likeness (QED) is 0.796. The predicted molar refractivity (Wildman–Crippen MR) is 75.7 cm³/mol. The van der Waals surface area contributed by atoms with Gasteiger partial charge in [0.25, 0.3) is 0 Å². The van der Waals surface area contributed by atoms with E-state index in [0.717, 1.165) is 44.9 Å². The third-order valence-corrected chi connectivity index (χ3v) is 3.35. The van der Waals surface area contributed by atoms with Gasteiger partial charge in [-0.1, -0.05) is 12.1 Å². The molecule has 4 heteroatoms. The van der Waals surface area contributed by atoms with Crippen molar-refractivity contribution >= 4 is 11.6 Å².